The number of hydrogen-bond donors (Lipinski definition) is 1. The second-order valence-electron chi connectivity index (χ2n) is 7.41. The van der Waals surface area contributed by atoms with E-state index in [1.807, 2.05) is 0 Å². The number of benzene rings is 1. The Kier molecular flexibility index (Phi) is 8.08. The number of nitrogens with zero attached hydrogens (tertiary/aromatic N) is 1. The first-order chi connectivity index (χ1) is 16.1. The summed E-state index contributed by atoms with van der Waals surface area (Å²) in [6.45, 7) is 0. The van der Waals surface area contributed by atoms with E-state index >= 15 is 0 Å². The van der Waals surface area contributed by atoms with Crippen LogP contribution in [0.2, 0.25) is 0 Å². The van der Waals surface area contributed by atoms with Crippen molar-refractivity contribution in [3.8, 4) is 0 Å². The maximum atomic E-state index is 13.9. The first-order valence-electron chi connectivity index (χ1n) is 8.86. The lowest BCUT2D eigenvalue weighted by atomic mass is 9.89. The molecule has 1 amide bonds. The van der Waals surface area contributed by atoms with Gasteiger partial charge in [0.1, 0.15) is 0 Å². The molecule has 0 atom stereocenters. The van der Waals surface area contributed by atoms with Crippen LogP contribution in [-0.2, 0) is 4.79 Å². The van der Waals surface area contributed by atoms with Gasteiger partial charge in [0.15, 0.2) is 0 Å². The third-order valence-corrected chi connectivity index (χ3v) is 4.89. The number of carbonyl (C=O) groups is 1. The standard InChI is InChI=1S/C17H11ClF16N2O/c1-36(2)8-5-3-7(4-6-8)35-9(37)10(19,20)11(21,22)12(23,24)13(25,26)14(27,28)15(29,30)16(31,32)17(18,33)34/h3-6H,1-2H3,(H,35,37). The van der Waals surface area contributed by atoms with Gasteiger partial charge in [0, 0.05) is 25.5 Å². The number of anilines is 2. The van der Waals surface area contributed by atoms with Gasteiger partial charge < -0.3 is 10.2 Å². The van der Waals surface area contributed by atoms with Crippen LogP contribution in [-0.4, -0.2) is 66.8 Å². The van der Waals surface area contributed by atoms with Crippen LogP contribution in [0.4, 0.5) is 81.6 Å². The summed E-state index contributed by atoms with van der Waals surface area (Å²) < 4.78 is 215. The van der Waals surface area contributed by atoms with Crippen LogP contribution in [0, 0.1) is 0 Å². The van der Waals surface area contributed by atoms with Crippen molar-refractivity contribution in [2.24, 2.45) is 0 Å². The van der Waals surface area contributed by atoms with Gasteiger partial charge in [-0.25, -0.2) is 0 Å². The largest absolute Gasteiger partial charge is 0.393 e. The zero-order valence-electron chi connectivity index (χ0n) is 17.6. The van der Waals surface area contributed by atoms with Crippen molar-refractivity contribution in [2.75, 3.05) is 24.3 Å². The molecular weight excluding hydrogens is 588 g/mol. The number of amides is 1. The van der Waals surface area contributed by atoms with Crippen LogP contribution < -0.4 is 10.2 Å². The van der Waals surface area contributed by atoms with Crippen molar-refractivity contribution >= 4 is 28.9 Å². The summed E-state index contributed by atoms with van der Waals surface area (Å²) in [5, 5.41) is -6.01. The Morgan fingerprint density at radius 3 is 1.27 bits per heavy atom. The molecule has 0 saturated carbocycles. The van der Waals surface area contributed by atoms with Crippen LogP contribution in [0.3, 0.4) is 0 Å². The highest BCUT2D eigenvalue weighted by atomic mass is 35.5. The minimum absolute atomic E-state index is 0.281. The van der Waals surface area contributed by atoms with Crippen molar-refractivity contribution in [3.05, 3.63) is 24.3 Å². The molecule has 0 bridgehead atoms. The molecule has 0 unspecified atom stereocenters. The smallest absolute Gasteiger partial charge is 0.378 e. The zero-order valence-corrected chi connectivity index (χ0v) is 18.3. The molecule has 0 fully saturated rings. The highest BCUT2D eigenvalue weighted by molar-refractivity contribution is 6.22. The fourth-order valence-electron chi connectivity index (χ4n) is 2.36. The van der Waals surface area contributed by atoms with Gasteiger partial charge in [0.25, 0.3) is 0 Å². The summed E-state index contributed by atoms with van der Waals surface area (Å²) in [4.78, 5) is 12.9. The van der Waals surface area contributed by atoms with E-state index in [1.54, 1.807) is 0 Å². The summed E-state index contributed by atoms with van der Waals surface area (Å²) in [6.07, 6.45) is 0. The first-order valence-corrected chi connectivity index (χ1v) is 9.23. The molecule has 37 heavy (non-hydrogen) atoms. The van der Waals surface area contributed by atoms with Crippen molar-refractivity contribution in [1.82, 2.24) is 0 Å². The molecule has 0 spiro atoms. The van der Waals surface area contributed by atoms with Crippen molar-refractivity contribution in [3.63, 3.8) is 0 Å². The Morgan fingerprint density at radius 1 is 0.622 bits per heavy atom. The predicted octanol–water partition coefficient (Wildman–Crippen LogP) is 6.97. The first kappa shape index (κ1) is 32.7. The summed E-state index contributed by atoms with van der Waals surface area (Å²) in [7, 11) is 2.88. The number of carbonyl (C=O) groups excluding carboxylic acids is 1. The predicted molar refractivity (Wildman–Crippen MR) is 94.8 cm³/mol. The fourth-order valence-corrected chi connectivity index (χ4v) is 2.48. The Balaban J connectivity index is 3.52. The molecule has 1 aromatic carbocycles. The lowest BCUT2D eigenvalue weighted by Gasteiger charge is -2.42. The lowest BCUT2D eigenvalue weighted by molar-refractivity contribution is -0.445. The number of alkyl halides is 17. The molecule has 20 heteroatoms. The van der Waals surface area contributed by atoms with Crippen molar-refractivity contribution < 1.29 is 75.0 Å². The molecule has 0 radical (unpaired) electrons. The average Bonchev–Trinajstić information content (AvgIpc) is 2.72. The third-order valence-electron chi connectivity index (χ3n) is 4.65. The number of nitrogens with one attached hydrogen (secondary N) is 1. The SMILES string of the molecule is CN(C)c1ccc(NC(=O)C(F)(F)C(F)(F)C(F)(F)C(F)(F)C(F)(F)C(F)(F)C(F)(F)C(F)(F)Cl)cc1. The molecule has 0 aliphatic heterocycles. The van der Waals surface area contributed by atoms with Crippen LogP contribution >= 0.6 is 11.6 Å². The maximum absolute atomic E-state index is 13.9. The molecule has 0 heterocycles. The number of rotatable bonds is 10. The van der Waals surface area contributed by atoms with E-state index < -0.39 is 58.4 Å². The molecule has 0 saturated heterocycles. The van der Waals surface area contributed by atoms with Gasteiger partial charge in [-0.1, -0.05) is 0 Å². The second-order valence-corrected chi connectivity index (χ2v) is 7.89. The van der Waals surface area contributed by atoms with Crippen LogP contribution in [0.15, 0.2) is 24.3 Å². The van der Waals surface area contributed by atoms with E-state index in [-0.39, 0.29) is 5.69 Å². The van der Waals surface area contributed by atoms with Gasteiger partial charge in [0.05, 0.1) is 0 Å². The number of hydrogen-bond acceptors (Lipinski definition) is 2. The topological polar surface area (TPSA) is 32.3 Å². The normalized spacial score (nSPS) is 15.0. The Labute approximate surface area is 200 Å². The lowest BCUT2D eigenvalue weighted by Crippen LogP contribution is -2.75. The minimum Gasteiger partial charge on any atom is -0.378 e. The van der Waals surface area contributed by atoms with E-state index in [0.29, 0.717) is 12.1 Å². The van der Waals surface area contributed by atoms with Crippen molar-refractivity contribution in [1.29, 1.82) is 0 Å². The minimum atomic E-state index is -8.63. The maximum Gasteiger partial charge on any atom is 0.393 e. The van der Waals surface area contributed by atoms with Crippen LogP contribution in [0.1, 0.15) is 0 Å². The molecule has 1 aromatic rings. The molecule has 0 aromatic heterocycles. The summed E-state index contributed by atoms with van der Waals surface area (Å²) in [5.74, 6) is -60.5. The van der Waals surface area contributed by atoms with Gasteiger partial charge in [-0.15, -0.1) is 0 Å². The van der Waals surface area contributed by atoms with Crippen molar-refractivity contribution in [2.45, 2.75) is 46.8 Å². The molecule has 0 aliphatic carbocycles. The van der Waals surface area contributed by atoms with E-state index in [0.717, 1.165) is 17.4 Å². The molecule has 0 aliphatic rings. The van der Waals surface area contributed by atoms with Gasteiger partial charge in [-0.3, -0.25) is 4.79 Å². The highest BCUT2D eigenvalue weighted by Crippen LogP contribution is 2.64. The molecule has 1 rings (SSSR count). The second kappa shape index (κ2) is 9.14. The average molecular weight is 599 g/mol. The van der Waals surface area contributed by atoms with E-state index in [2.05, 4.69) is 11.6 Å². The van der Waals surface area contributed by atoms with Gasteiger partial charge >= 0.3 is 52.7 Å². The van der Waals surface area contributed by atoms with Crippen LogP contribution in [0.5, 0.6) is 0 Å². The molecule has 3 nitrogen and oxygen atoms in total. The Morgan fingerprint density at radius 2 is 0.946 bits per heavy atom. The van der Waals surface area contributed by atoms with E-state index in [4.69, 9.17) is 0 Å². The van der Waals surface area contributed by atoms with Gasteiger partial charge in [-0.05, 0) is 35.9 Å². The van der Waals surface area contributed by atoms with E-state index in [9.17, 15) is 75.0 Å². The van der Waals surface area contributed by atoms with Gasteiger partial charge in [0.2, 0.25) is 0 Å². The molecule has 1 N–H and O–H groups in total. The Bertz CT molecular complexity index is 988. The zero-order chi connectivity index (χ0) is 29.8. The van der Waals surface area contributed by atoms with E-state index in [1.165, 1.54) is 19.0 Å². The monoisotopic (exact) mass is 598 g/mol. The molecular formula is C17H11ClF16N2O. The quantitative estimate of drug-likeness (QED) is 0.233. The summed E-state index contributed by atoms with van der Waals surface area (Å²) in [5.41, 5.74) is -0.592. The Hall–Kier alpha value is -2.34. The summed E-state index contributed by atoms with van der Waals surface area (Å²) in [6, 6.07) is 3.42. The van der Waals surface area contributed by atoms with Crippen LogP contribution in [0.25, 0.3) is 0 Å². The highest BCUT2D eigenvalue weighted by Gasteiger charge is 2.95. The fraction of sp³-hybridized carbons (Fsp3) is 0.588. The third kappa shape index (κ3) is 4.71. The molecule has 214 valence electrons. The van der Waals surface area contributed by atoms with Gasteiger partial charge in [-0.2, -0.15) is 70.2 Å². The number of halogens is 17. The summed E-state index contributed by atoms with van der Waals surface area (Å²) >= 11 is 3.44.